The van der Waals surface area contributed by atoms with Crippen molar-refractivity contribution in [1.29, 1.82) is 0 Å². The van der Waals surface area contributed by atoms with Gasteiger partial charge < -0.3 is 5.11 Å². The number of rotatable bonds is 2. The molecule has 2 rings (SSSR count). The van der Waals surface area contributed by atoms with E-state index in [4.69, 9.17) is 5.11 Å². The lowest BCUT2D eigenvalue weighted by molar-refractivity contribution is 0.282. The molecule has 0 aliphatic carbocycles. The average Bonchev–Trinajstić information content (AvgIpc) is 2.30. The summed E-state index contributed by atoms with van der Waals surface area (Å²) in [5, 5.41) is 9.12. The van der Waals surface area contributed by atoms with Crippen LogP contribution >= 0.6 is 0 Å². The highest BCUT2D eigenvalue weighted by Gasteiger charge is 2.04. The maximum absolute atomic E-state index is 12.9. The van der Waals surface area contributed by atoms with Gasteiger partial charge in [0.2, 0.25) is 0 Å². The highest BCUT2D eigenvalue weighted by atomic mass is 19.1. The van der Waals surface area contributed by atoms with Crippen LogP contribution in [0.5, 0.6) is 0 Å². The summed E-state index contributed by atoms with van der Waals surface area (Å²) in [7, 11) is 0. The number of aromatic nitrogens is 1. The Kier molecular flexibility index (Phi) is 2.74. The van der Waals surface area contributed by atoms with Crippen molar-refractivity contribution in [3.63, 3.8) is 0 Å². The molecule has 0 spiro atoms. The maximum atomic E-state index is 12.9. The van der Waals surface area contributed by atoms with Crippen LogP contribution in [0.25, 0.3) is 11.1 Å². The summed E-state index contributed by atoms with van der Waals surface area (Å²) in [6.45, 7) is -0.171. The second kappa shape index (κ2) is 4.19. The van der Waals surface area contributed by atoms with Crippen LogP contribution in [0.3, 0.4) is 0 Å². The first kappa shape index (κ1) is 9.80. The topological polar surface area (TPSA) is 33.1 Å². The molecule has 3 heteroatoms. The van der Waals surface area contributed by atoms with Gasteiger partial charge in [-0.1, -0.05) is 6.07 Å². The summed E-state index contributed by atoms with van der Waals surface area (Å²) in [6, 6.07) is 8.04. The number of hydrogen-bond acceptors (Lipinski definition) is 2. The fourth-order valence-corrected chi connectivity index (χ4v) is 1.51. The van der Waals surface area contributed by atoms with Crippen molar-refractivity contribution in [1.82, 2.24) is 4.98 Å². The van der Waals surface area contributed by atoms with E-state index in [1.165, 1.54) is 12.1 Å². The van der Waals surface area contributed by atoms with Crippen molar-refractivity contribution in [3.8, 4) is 11.1 Å². The molecule has 2 nitrogen and oxygen atoms in total. The van der Waals surface area contributed by atoms with Crippen molar-refractivity contribution < 1.29 is 9.50 Å². The molecule has 0 saturated carbocycles. The van der Waals surface area contributed by atoms with Crippen LogP contribution in [0.4, 0.5) is 4.39 Å². The van der Waals surface area contributed by atoms with E-state index in [2.05, 4.69) is 4.98 Å². The van der Waals surface area contributed by atoms with Crippen LogP contribution in [0.2, 0.25) is 0 Å². The molecule has 0 aliphatic heterocycles. The van der Waals surface area contributed by atoms with Gasteiger partial charge in [0.1, 0.15) is 5.82 Å². The Labute approximate surface area is 87.0 Å². The Hall–Kier alpha value is -1.74. The number of nitrogens with zero attached hydrogens (tertiary/aromatic N) is 1. The van der Waals surface area contributed by atoms with Gasteiger partial charge in [-0.2, -0.15) is 0 Å². The number of hydrogen-bond donors (Lipinski definition) is 1. The molecule has 2 aromatic rings. The standard InChI is InChI=1S/C12H10FNO/c13-11-1-2-12(10(7-11)8-15)9-3-5-14-6-4-9/h1-7,15H,8H2. The smallest absolute Gasteiger partial charge is 0.123 e. The van der Waals surface area contributed by atoms with E-state index in [1.807, 2.05) is 12.1 Å². The number of halogens is 1. The Morgan fingerprint density at radius 2 is 1.87 bits per heavy atom. The van der Waals surface area contributed by atoms with E-state index in [9.17, 15) is 4.39 Å². The molecule has 1 aromatic heterocycles. The zero-order chi connectivity index (χ0) is 10.7. The van der Waals surface area contributed by atoms with Crippen molar-refractivity contribution in [2.45, 2.75) is 6.61 Å². The highest BCUT2D eigenvalue weighted by molar-refractivity contribution is 5.66. The molecule has 1 N–H and O–H groups in total. The van der Waals surface area contributed by atoms with Gasteiger partial charge in [-0.05, 0) is 41.0 Å². The number of aliphatic hydroxyl groups is 1. The molecular weight excluding hydrogens is 193 g/mol. The van der Waals surface area contributed by atoms with E-state index in [1.54, 1.807) is 18.5 Å². The summed E-state index contributed by atoms with van der Waals surface area (Å²) < 4.78 is 12.9. The monoisotopic (exact) mass is 203 g/mol. The Morgan fingerprint density at radius 3 is 2.53 bits per heavy atom. The highest BCUT2D eigenvalue weighted by Crippen LogP contribution is 2.23. The van der Waals surface area contributed by atoms with Crippen LogP contribution in [-0.4, -0.2) is 10.1 Å². The van der Waals surface area contributed by atoms with Gasteiger partial charge in [0.15, 0.2) is 0 Å². The molecule has 0 aliphatic rings. The van der Waals surface area contributed by atoms with Crippen molar-refractivity contribution >= 4 is 0 Å². The average molecular weight is 203 g/mol. The second-order valence-electron chi connectivity index (χ2n) is 3.20. The molecule has 0 fully saturated rings. The molecule has 0 atom stereocenters. The van der Waals surface area contributed by atoms with E-state index < -0.39 is 0 Å². The van der Waals surface area contributed by atoms with Crippen LogP contribution in [-0.2, 0) is 6.61 Å². The van der Waals surface area contributed by atoms with E-state index in [-0.39, 0.29) is 12.4 Å². The lowest BCUT2D eigenvalue weighted by Crippen LogP contribution is -1.91. The van der Waals surface area contributed by atoms with E-state index >= 15 is 0 Å². The third-order valence-corrected chi connectivity index (χ3v) is 2.23. The molecule has 0 amide bonds. The molecular formula is C12H10FNO. The molecule has 15 heavy (non-hydrogen) atoms. The third kappa shape index (κ3) is 2.02. The van der Waals surface area contributed by atoms with E-state index in [0.29, 0.717) is 5.56 Å². The Morgan fingerprint density at radius 1 is 1.13 bits per heavy atom. The number of benzene rings is 1. The van der Waals surface area contributed by atoms with Crippen molar-refractivity contribution in [2.24, 2.45) is 0 Å². The van der Waals surface area contributed by atoms with Gasteiger partial charge in [-0.25, -0.2) is 4.39 Å². The summed E-state index contributed by atoms with van der Waals surface area (Å²) in [4.78, 5) is 3.91. The minimum absolute atomic E-state index is 0.171. The predicted octanol–water partition coefficient (Wildman–Crippen LogP) is 2.38. The van der Waals surface area contributed by atoms with Gasteiger partial charge in [-0.3, -0.25) is 4.98 Å². The fourth-order valence-electron chi connectivity index (χ4n) is 1.51. The molecule has 0 radical (unpaired) electrons. The maximum Gasteiger partial charge on any atom is 0.123 e. The first-order valence-corrected chi connectivity index (χ1v) is 4.61. The van der Waals surface area contributed by atoms with Gasteiger partial charge in [-0.15, -0.1) is 0 Å². The van der Waals surface area contributed by atoms with Gasteiger partial charge in [0, 0.05) is 12.4 Å². The lowest BCUT2D eigenvalue weighted by atomic mass is 10.0. The van der Waals surface area contributed by atoms with Crippen molar-refractivity contribution in [3.05, 3.63) is 54.1 Å². The summed E-state index contributed by atoms with van der Waals surface area (Å²) >= 11 is 0. The van der Waals surface area contributed by atoms with Crippen LogP contribution in [0.15, 0.2) is 42.7 Å². The summed E-state index contributed by atoms with van der Waals surface area (Å²) in [5.74, 6) is -0.336. The minimum atomic E-state index is -0.336. The summed E-state index contributed by atoms with van der Waals surface area (Å²) in [5.41, 5.74) is 2.34. The zero-order valence-corrected chi connectivity index (χ0v) is 8.02. The fraction of sp³-hybridized carbons (Fsp3) is 0.0833. The lowest BCUT2D eigenvalue weighted by Gasteiger charge is -2.06. The van der Waals surface area contributed by atoms with Gasteiger partial charge in [0.05, 0.1) is 6.61 Å². The molecule has 1 heterocycles. The van der Waals surface area contributed by atoms with E-state index in [0.717, 1.165) is 11.1 Å². The second-order valence-corrected chi connectivity index (χ2v) is 3.20. The number of aliphatic hydroxyl groups excluding tert-OH is 1. The number of pyridine rings is 1. The first-order chi connectivity index (χ1) is 7.31. The molecule has 0 unspecified atom stereocenters. The van der Waals surface area contributed by atoms with Crippen molar-refractivity contribution in [2.75, 3.05) is 0 Å². The Balaban J connectivity index is 2.53. The third-order valence-electron chi connectivity index (χ3n) is 2.23. The first-order valence-electron chi connectivity index (χ1n) is 4.61. The molecule has 76 valence electrons. The van der Waals surface area contributed by atoms with Crippen LogP contribution in [0, 0.1) is 5.82 Å². The zero-order valence-electron chi connectivity index (χ0n) is 8.02. The molecule has 0 bridgehead atoms. The van der Waals surface area contributed by atoms with Crippen LogP contribution in [0.1, 0.15) is 5.56 Å². The summed E-state index contributed by atoms with van der Waals surface area (Å²) in [6.07, 6.45) is 3.33. The predicted molar refractivity (Wildman–Crippen MR) is 55.6 cm³/mol. The molecule has 0 saturated heterocycles. The SMILES string of the molecule is OCc1cc(F)ccc1-c1ccncc1. The van der Waals surface area contributed by atoms with Gasteiger partial charge >= 0.3 is 0 Å². The largest absolute Gasteiger partial charge is 0.392 e. The van der Waals surface area contributed by atoms with Gasteiger partial charge in [0.25, 0.3) is 0 Å². The normalized spacial score (nSPS) is 10.3. The Bertz CT molecular complexity index is 456. The van der Waals surface area contributed by atoms with Crippen LogP contribution < -0.4 is 0 Å². The minimum Gasteiger partial charge on any atom is -0.392 e. The molecule has 1 aromatic carbocycles. The quantitative estimate of drug-likeness (QED) is 0.812.